The Morgan fingerprint density at radius 3 is 2.12 bits per heavy atom. The zero-order chi connectivity index (χ0) is 23.2. The molecule has 1 aliphatic rings. The minimum atomic E-state index is -2.74. The molecule has 0 radical (unpaired) electrons. The van der Waals surface area contributed by atoms with Crippen molar-refractivity contribution in [2.45, 2.75) is 50.9 Å². The number of aliphatic hydroxyl groups is 1. The molecule has 3 atom stereocenters. The maximum Gasteiger partial charge on any atom is 0.311 e. The Morgan fingerprint density at radius 2 is 1.69 bits per heavy atom. The van der Waals surface area contributed by atoms with Gasteiger partial charge in [0.15, 0.2) is 0 Å². The van der Waals surface area contributed by atoms with Crippen molar-refractivity contribution in [1.29, 1.82) is 0 Å². The lowest BCUT2D eigenvalue weighted by Gasteiger charge is -2.45. The van der Waals surface area contributed by atoms with Gasteiger partial charge in [-0.2, -0.15) is 0 Å². The van der Waals surface area contributed by atoms with Crippen LogP contribution in [0.25, 0.3) is 0 Å². The average Bonchev–Trinajstić information content (AvgIpc) is 3.11. The van der Waals surface area contributed by atoms with E-state index in [9.17, 15) is 9.90 Å². The third kappa shape index (κ3) is 5.12. The summed E-state index contributed by atoms with van der Waals surface area (Å²) in [6.45, 7) is 10.6. The number of carbonyl (C=O) groups excluding carboxylic acids is 1. The summed E-state index contributed by atoms with van der Waals surface area (Å²) >= 11 is 0. The Kier molecular flexibility index (Phi) is 7.88. The van der Waals surface area contributed by atoms with Gasteiger partial charge in [-0.15, -0.1) is 0 Å². The fourth-order valence-corrected chi connectivity index (χ4v) is 9.18. The highest BCUT2D eigenvalue weighted by Crippen LogP contribution is 2.38. The molecule has 0 amide bonds. The molecule has 170 valence electrons. The lowest BCUT2D eigenvalue weighted by atomic mass is 9.97. The van der Waals surface area contributed by atoms with Gasteiger partial charge in [0.05, 0.1) is 12.0 Å². The topological polar surface area (TPSA) is 55.8 Å². The van der Waals surface area contributed by atoms with E-state index < -0.39 is 20.3 Å². The number of hydrogen-bond acceptors (Lipinski definition) is 4. The first-order chi connectivity index (χ1) is 15.3. The summed E-state index contributed by atoms with van der Waals surface area (Å²) in [5, 5.41) is 12.4. The molecule has 4 nitrogen and oxygen atoms in total. The van der Waals surface area contributed by atoms with E-state index in [2.05, 4.69) is 75.9 Å². The maximum absolute atomic E-state index is 12.1. The fraction of sp³-hybridized carbons (Fsp3) is 0.370. The number of aliphatic hydroxyl groups excluding tert-OH is 1. The van der Waals surface area contributed by atoms with Gasteiger partial charge in [-0.1, -0.05) is 106 Å². The molecule has 1 N–H and O–H groups in total. The second-order valence-electron chi connectivity index (χ2n) is 9.32. The van der Waals surface area contributed by atoms with Crippen molar-refractivity contribution in [3.05, 3.63) is 85.5 Å². The highest BCUT2D eigenvalue weighted by Gasteiger charge is 2.51. The molecule has 2 aromatic rings. The van der Waals surface area contributed by atoms with Gasteiger partial charge in [0.25, 0.3) is 8.32 Å². The number of carbonyl (C=O) groups is 1. The normalized spacial score (nSPS) is 20.3. The van der Waals surface area contributed by atoms with Crippen molar-refractivity contribution in [2.24, 2.45) is 5.92 Å². The third-order valence-electron chi connectivity index (χ3n) is 6.13. The summed E-state index contributed by atoms with van der Waals surface area (Å²) in [5.41, 5.74) is 0. The first kappa shape index (κ1) is 24.2. The number of ether oxygens (including phenoxy) is 1. The van der Waals surface area contributed by atoms with Crippen LogP contribution < -0.4 is 10.4 Å². The summed E-state index contributed by atoms with van der Waals surface area (Å²) in [4.78, 5) is 12.1. The van der Waals surface area contributed by atoms with Crippen LogP contribution in [0.4, 0.5) is 0 Å². The van der Waals surface area contributed by atoms with Crippen molar-refractivity contribution in [3.63, 3.8) is 0 Å². The van der Waals surface area contributed by atoms with Crippen LogP contribution >= 0.6 is 0 Å². The predicted octanol–water partition coefficient (Wildman–Crippen LogP) is 3.99. The minimum Gasteiger partial charge on any atom is -0.463 e. The third-order valence-corrected chi connectivity index (χ3v) is 11.2. The van der Waals surface area contributed by atoms with Gasteiger partial charge in [-0.25, -0.2) is 0 Å². The van der Waals surface area contributed by atoms with Crippen LogP contribution in [0.15, 0.2) is 85.5 Å². The number of benzene rings is 2. The lowest BCUT2D eigenvalue weighted by molar-refractivity contribution is -0.141. The summed E-state index contributed by atoms with van der Waals surface area (Å²) in [5.74, 6) is -0.827. The monoisotopic (exact) mass is 450 g/mol. The highest BCUT2D eigenvalue weighted by atomic mass is 28.4. The molecule has 5 heteroatoms. The molecule has 0 bridgehead atoms. The van der Waals surface area contributed by atoms with Gasteiger partial charge < -0.3 is 14.3 Å². The molecule has 2 aromatic carbocycles. The van der Waals surface area contributed by atoms with Crippen LogP contribution in [0.5, 0.6) is 0 Å². The number of rotatable bonds is 9. The Morgan fingerprint density at radius 1 is 1.12 bits per heavy atom. The SMILES string of the molecule is C=C/C=C/C(CCC1C(=O)OCC1O)O[Si](c1ccccc1)(c1ccccc1)C(C)(C)C. The smallest absolute Gasteiger partial charge is 0.311 e. The molecular formula is C27H34O4Si. The molecule has 32 heavy (non-hydrogen) atoms. The van der Waals surface area contributed by atoms with Gasteiger partial charge in [-0.05, 0) is 28.3 Å². The van der Waals surface area contributed by atoms with E-state index in [1.807, 2.05) is 24.3 Å². The molecule has 0 saturated carbocycles. The molecule has 0 spiro atoms. The highest BCUT2D eigenvalue weighted by molar-refractivity contribution is 6.99. The van der Waals surface area contributed by atoms with Crippen molar-refractivity contribution in [2.75, 3.05) is 6.61 Å². The Labute approximate surface area is 192 Å². The van der Waals surface area contributed by atoms with Crippen molar-refractivity contribution < 1.29 is 19.1 Å². The fourth-order valence-electron chi connectivity index (χ4n) is 4.52. The van der Waals surface area contributed by atoms with E-state index in [0.717, 1.165) is 0 Å². The van der Waals surface area contributed by atoms with E-state index in [-0.39, 0.29) is 23.7 Å². The number of allylic oxidation sites excluding steroid dienone is 2. The van der Waals surface area contributed by atoms with E-state index in [4.69, 9.17) is 9.16 Å². The van der Waals surface area contributed by atoms with E-state index >= 15 is 0 Å². The lowest BCUT2D eigenvalue weighted by Crippen LogP contribution is -2.67. The van der Waals surface area contributed by atoms with Crippen LogP contribution in [-0.2, 0) is 14.0 Å². The van der Waals surface area contributed by atoms with Gasteiger partial charge >= 0.3 is 5.97 Å². The van der Waals surface area contributed by atoms with Crippen LogP contribution in [0.1, 0.15) is 33.6 Å². The van der Waals surface area contributed by atoms with Crippen LogP contribution in [0.3, 0.4) is 0 Å². The van der Waals surface area contributed by atoms with Crippen molar-refractivity contribution in [3.8, 4) is 0 Å². The van der Waals surface area contributed by atoms with Gasteiger partial charge in [0.2, 0.25) is 0 Å². The summed E-state index contributed by atoms with van der Waals surface area (Å²) in [6.07, 6.45) is 5.76. The Hall–Kier alpha value is -2.47. The zero-order valence-corrected chi connectivity index (χ0v) is 20.2. The molecule has 0 aromatic heterocycles. The van der Waals surface area contributed by atoms with Crippen LogP contribution in [-0.4, -0.2) is 38.2 Å². The standard InChI is InChI=1S/C27H34O4Si/c1-5-6-13-21(18-19-24-25(28)20-30-26(24)29)31-32(27(2,3)4,22-14-9-7-10-15-22)23-16-11-8-12-17-23/h5-17,21,24-25,28H,1,18-20H2,2-4H3/b13-6+. The second kappa shape index (κ2) is 10.4. The first-order valence-electron chi connectivity index (χ1n) is 11.2. The summed E-state index contributed by atoms with van der Waals surface area (Å²) in [6, 6.07) is 21.0. The van der Waals surface area contributed by atoms with E-state index in [0.29, 0.717) is 12.8 Å². The van der Waals surface area contributed by atoms with Gasteiger partial charge in [0, 0.05) is 0 Å². The molecule has 1 heterocycles. The Bertz CT molecular complexity index is 878. The minimum absolute atomic E-state index is 0.0756. The second-order valence-corrected chi connectivity index (χ2v) is 13.6. The molecule has 3 unspecified atom stereocenters. The predicted molar refractivity (Wildman–Crippen MR) is 132 cm³/mol. The quantitative estimate of drug-likeness (QED) is 0.357. The molecule has 1 fully saturated rings. The maximum atomic E-state index is 12.1. The number of hydrogen-bond donors (Lipinski definition) is 1. The van der Waals surface area contributed by atoms with Crippen LogP contribution in [0, 0.1) is 5.92 Å². The molecular weight excluding hydrogens is 416 g/mol. The molecule has 0 aliphatic carbocycles. The van der Waals surface area contributed by atoms with Crippen molar-refractivity contribution >= 4 is 24.7 Å². The Balaban J connectivity index is 2.03. The summed E-state index contributed by atoms with van der Waals surface area (Å²) in [7, 11) is -2.74. The molecule has 3 rings (SSSR count). The number of esters is 1. The van der Waals surface area contributed by atoms with Gasteiger partial charge in [-0.3, -0.25) is 4.79 Å². The molecule has 1 saturated heterocycles. The van der Waals surface area contributed by atoms with Crippen LogP contribution in [0.2, 0.25) is 5.04 Å². The van der Waals surface area contributed by atoms with Crippen molar-refractivity contribution in [1.82, 2.24) is 0 Å². The number of cyclic esters (lactones) is 1. The van der Waals surface area contributed by atoms with Gasteiger partial charge in [0.1, 0.15) is 12.7 Å². The summed E-state index contributed by atoms with van der Waals surface area (Å²) < 4.78 is 12.2. The largest absolute Gasteiger partial charge is 0.463 e. The molecule has 1 aliphatic heterocycles. The average molecular weight is 451 g/mol. The zero-order valence-electron chi connectivity index (χ0n) is 19.2. The van der Waals surface area contributed by atoms with E-state index in [1.165, 1.54) is 10.4 Å². The van der Waals surface area contributed by atoms with E-state index in [1.54, 1.807) is 6.08 Å². The first-order valence-corrected chi connectivity index (χ1v) is 13.1.